The van der Waals surface area contributed by atoms with Crippen LogP contribution in [0.1, 0.15) is 88.2 Å². The molecule has 1 aromatic carbocycles. The molecule has 0 aromatic heterocycles. The Hall–Kier alpha value is -1.22. The van der Waals surface area contributed by atoms with Gasteiger partial charge in [0.15, 0.2) is 0 Å². The van der Waals surface area contributed by atoms with Gasteiger partial charge < -0.3 is 4.74 Å². The maximum absolute atomic E-state index is 13.6. The van der Waals surface area contributed by atoms with E-state index in [4.69, 9.17) is 4.74 Å². The van der Waals surface area contributed by atoms with Crippen molar-refractivity contribution in [1.29, 1.82) is 0 Å². The van der Waals surface area contributed by atoms with Crippen molar-refractivity contribution in [3.8, 4) is 0 Å². The Morgan fingerprint density at radius 2 is 1.66 bits per heavy atom. The van der Waals surface area contributed by atoms with Crippen LogP contribution in [0.25, 0.3) is 0 Å². The minimum absolute atomic E-state index is 0.0382. The lowest BCUT2D eigenvalue weighted by Crippen LogP contribution is -2.33. The van der Waals surface area contributed by atoms with E-state index in [2.05, 4.69) is 37.8 Å². The van der Waals surface area contributed by atoms with Gasteiger partial charge in [0.25, 0.3) is 6.43 Å². The summed E-state index contributed by atoms with van der Waals surface area (Å²) in [6, 6.07) is 8.53. The summed E-state index contributed by atoms with van der Waals surface area (Å²) >= 11 is 0. The van der Waals surface area contributed by atoms with E-state index in [9.17, 15) is 8.78 Å². The summed E-state index contributed by atoms with van der Waals surface area (Å²) in [4.78, 5) is 0. The highest BCUT2D eigenvalue weighted by Gasteiger charge is 2.33. The normalized spacial score (nSPS) is 29.0. The Balaban J connectivity index is 1.49. The molecule has 29 heavy (non-hydrogen) atoms. The van der Waals surface area contributed by atoms with Gasteiger partial charge >= 0.3 is 0 Å². The number of halogens is 2. The molecular formula is C26H38F2O. The Kier molecular flexibility index (Phi) is 8.71. The van der Waals surface area contributed by atoms with Gasteiger partial charge in [0.05, 0.1) is 6.61 Å². The van der Waals surface area contributed by atoms with Crippen molar-refractivity contribution < 1.29 is 13.5 Å². The SMILES string of the molecule is C=CC1CCC(C(OCc2ccc(C3CCC(CCC)CC3)cc2)C(F)F)CC1. The summed E-state index contributed by atoms with van der Waals surface area (Å²) in [5.41, 5.74) is 2.40. The highest BCUT2D eigenvalue weighted by atomic mass is 19.3. The van der Waals surface area contributed by atoms with Crippen LogP contribution >= 0.6 is 0 Å². The van der Waals surface area contributed by atoms with E-state index in [-0.39, 0.29) is 12.5 Å². The predicted octanol–water partition coefficient (Wildman–Crippen LogP) is 7.90. The largest absolute Gasteiger partial charge is 0.367 e. The topological polar surface area (TPSA) is 9.23 Å². The average molecular weight is 405 g/mol. The number of alkyl halides is 2. The van der Waals surface area contributed by atoms with Crippen molar-refractivity contribution in [2.24, 2.45) is 17.8 Å². The third-order valence-corrected chi connectivity index (χ3v) is 7.30. The van der Waals surface area contributed by atoms with Crippen LogP contribution in [-0.2, 0) is 11.3 Å². The van der Waals surface area contributed by atoms with Gasteiger partial charge in [-0.05, 0) is 86.2 Å². The molecule has 0 spiro atoms. The van der Waals surface area contributed by atoms with Crippen LogP contribution in [0.3, 0.4) is 0 Å². The standard InChI is InChI=1S/C26H38F2O/c1-3-5-20-8-12-22(13-9-20)23-14-10-21(11-15-23)18-29-25(26(27)28)24-16-6-19(4-2)7-17-24/h4,10-11,14-15,19-20,22,24-26H,2-3,5-9,12-13,16-18H2,1H3. The molecule has 1 aromatic rings. The predicted molar refractivity (Wildman–Crippen MR) is 116 cm³/mol. The number of allylic oxidation sites excluding steroid dienone is 1. The zero-order valence-electron chi connectivity index (χ0n) is 18.0. The van der Waals surface area contributed by atoms with Gasteiger partial charge in [-0.1, -0.05) is 50.1 Å². The van der Waals surface area contributed by atoms with Crippen LogP contribution < -0.4 is 0 Å². The first-order valence-corrected chi connectivity index (χ1v) is 11.7. The monoisotopic (exact) mass is 404 g/mol. The molecule has 0 radical (unpaired) electrons. The molecule has 162 valence electrons. The Morgan fingerprint density at radius 1 is 1.00 bits per heavy atom. The number of rotatable bonds is 9. The highest BCUT2D eigenvalue weighted by Crippen LogP contribution is 2.38. The van der Waals surface area contributed by atoms with E-state index in [1.54, 1.807) is 0 Å². The summed E-state index contributed by atoms with van der Waals surface area (Å²) in [6.45, 7) is 6.39. The maximum Gasteiger partial charge on any atom is 0.264 e. The van der Waals surface area contributed by atoms with Gasteiger partial charge in [-0.15, -0.1) is 6.58 Å². The molecule has 0 amide bonds. The first-order chi connectivity index (χ1) is 14.1. The molecule has 0 N–H and O–H groups in total. The second-order valence-electron chi connectivity index (χ2n) is 9.27. The zero-order chi connectivity index (χ0) is 20.6. The highest BCUT2D eigenvalue weighted by molar-refractivity contribution is 5.25. The molecule has 0 saturated heterocycles. The minimum Gasteiger partial charge on any atom is -0.367 e. The fourth-order valence-electron chi connectivity index (χ4n) is 5.39. The molecule has 0 aliphatic heterocycles. The maximum atomic E-state index is 13.6. The first kappa shape index (κ1) is 22.5. The number of hydrogen-bond donors (Lipinski definition) is 0. The van der Waals surface area contributed by atoms with Crippen LogP contribution in [0, 0.1) is 17.8 Å². The summed E-state index contributed by atoms with van der Waals surface area (Å²) in [6.07, 6.45) is 10.0. The lowest BCUT2D eigenvalue weighted by atomic mass is 9.77. The molecule has 2 aliphatic rings. The molecule has 0 heterocycles. The molecule has 2 aliphatic carbocycles. The second-order valence-corrected chi connectivity index (χ2v) is 9.27. The first-order valence-electron chi connectivity index (χ1n) is 11.7. The van der Waals surface area contributed by atoms with Crippen LogP contribution in [0.5, 0.6) is 0 Å². The van der Waals surface area contributed by atoms with E-state index >= 15 is 0 Å². The number of ether oxygens (including phenoxy) is 1. The molecule has 1 atom stereocenters. The summed E-state index contributed by atoms with van der Waals surface area (Å²) in [5.74, 6) is 2.02. The van der Waals surface area contributed by atoms with E-state index in [0.29, 0.717) is 11.8 Å². The van der Waals surface area contributed by atoms with Crippen molar-refractivity contribution in [3.05, 3.63) is 48.0 Å². The van der Waals surface area contributed by atoms with Crippen molar-refractivity contribution in [2.75, 3.05) is 0 Å². The van der Waals surface area contributed by atoms with Crippen molar-refractivity contribution in [1.82, 2.24) is 0 Å². The van der Waals surface area contributed by atoms with E-state index in [0.717, 1.165) is 37.2 Å². The minimum atomic E-state index is -2.42. The quantitative estimate of drug-likeness (QED) is 0.380. The Labute approximate surface area is 175 Å². The van der Waals surface area contributed by atoms with Gasteiger partial charge in [-0.2, -0.15) is 0 Å². The Bertz CT molecular complexity index is 596. The molecule has 2 saturated carbocycles. The van der Waals surface area contributed by atoms with E-state index in [1.165, 1.54) is 44.1 Å². The summed E-state index contributed by atoms with van der Waals surface area (Å²) in [5, 5.41) is 0. The van der Waals surface area contributed by atoms with Gasteiger partial charge in [0, 0.05) is 0 Å². The molecule has 1 nitrogen and oxygen atoms in total. The van der Waals surface area contributed by atoms with Gasteiger partial charge in [-0.25, -0.2) is 8.78 Å². The van der Waals surface area contributed by atoms with E-state index in [1.807, 2.05) is 6.08 Å². The molecule has 0 bridgehead atoms. The lowest BCUT2D eigenvalue weighted by molar-refractivity contribution is -0.101. The third-order valence-electron chi connectivity index (χ3n) is 7.30. The zero-order valence-corrected chi connectivity index (χ0v) is 18.0. The average Bonchev–Trinajstić information content (AvgIpc) is 2.75. The van der Waals surface area contributed by atoms with Gasteiger partial charge in [0.2, 0.25) is 0 Å². The molecule has 3 rings (SSSR count). The Morgan fingerprint density at radius 3 is 2.21 bits per heavy atom. The molecule has 2 fully saturated rings. The number of benzene rings is 1. The van der Waals surface area contributed by atoms with Crippen LogP contribution in [0.15, 0.2) is 36.9 Å². The molecule has 3 heteroatoms. The third kappa shape index (κ3) is 6.38. The van der Waals surface area contributed by atoms with Crippen molar-refractivity contribution >= 4 is 0 Å². The fourth-order valence-corrected chi connectivity index (χ4v) is 5.39. The number of hydrogen-bond acceptors (Lipinski definition) is 1. The van der Waals surface area contributed by atoms with Crippen molar-refractivity contribution in [3.63, 3.8) is 0 Å². The lowest BCUT2D eigenvalue weighted by Gasteiger charge is -2.32. The fraction of sp³-hybridized carbons (Fsp3) is 0.692. The van der Waals surface area contributed by atoms with Crippen LogP contribution in [0.2, 0.25) is 0 Å². The van der Waals surface area contributed by atoms with Crippen LogP contribution in [0.4, 0.5) is 8.78 Å². The molecular weight excluding hydrogens is 366 g/mol. The van der Waals surface area contributed by atoms with Crippen molar-refractivity contribution in [2.45, 2.75) is 96.2 Å². The molecule has 1 unspecified atom stereocenters. The van der Waals surface area contributed by atoms with Crippen LogP contribution in [-0.4, -0.2) is 12.5 Å². The summed E-state index contributed by atoms with van der Waals surface area (Å²) in [7, 11) is 0. The second kappa shape index (κ2) is 11.2. The van der Waals surface area contributed by atoms with E-state index < -0.39 is 12.5 Å². The smallest absolute Gasteiger partial charge is 0.264 e. The summed E-state index contributed by atoms with van der Waals surface area (Å²) < 4.78 is 33.0. The van der Waals surface area contributed by atoms with Gasteiger partial charge in [-0.3, -0.25) is 0 Å². The van der Waals surface area contributed by atoms with Gasteiger partial charge in [0.1, 0.15) is 6.10 Å².